The highest BCUT2D eigenvalue weighted by Gasteiger charge is 2.28. The Morgan fingerprint density at radius 3 is 2.38 bits per heavy atom. The van der Waals surface area contributed by atoms with E-state index in [9.17, 15) is 5.26 Å². The van der Waals surface area contributed by atoms with Crippen LogP contribution in [0.15, 0.2) is 12.4 Å². The van der Waals surface area contributed by atoms with Gasteiger partial charge in [-0.3, -0.25) is 0 Å². The first-order valence-corrected chi connectivity index (χ1v) is 11.1. The lowest BCUT2D eigenvalue weighted by atomic mass is 9.85. The molecular weight excluding hydrogens is 426 g/mol. The lowest BCUT2D eigenvalue weighted by molar-refractivity contribution is 0.333. The van der Waals surface area contributed by atoms with Crippen molar-refractivity contribution < 1.29 is 0 Å². The van der Waals surface area contributed by atoms with Crippen molar-refractivity contribution in [3.05, 3.63) is 23.0 Å². The number of aromatic nitrogens is 4. The lowest BCUT2D eigenvalue weighted by Gasteiger charge is -2.33. The fourth-order valence-corrected chi connectivity index (χ4v) is 3.24. The predicted molar refractivity (Wildman–Crippen MR) is 131 cm³/mol. The molecule has 0 saturated heterocycles. The van der Waals surface area contributed by atoms with Gasteiger partial charge < -0.3 is 21.7 Å². The highest BCUT2D eigenvalue weighted by Crippen LogP contribution is 2.29. The van der Waals surface area contributed by atoms with Crippen molar-refractivity contribution in [2.24, 2.45) is 10.8 Å². The molecule has 0 spiro atoms. The van der Waals surface area contributed by atoms with Gasteiger partial charge in [-0.15, -0.1) is 0 Å². The monoisotopic (exact) mass is 459 g/mol. The van der Waals surface area contributed by atoms with Gasteiger partial charge in [-0.25, -0.2) is 9.97 Å². The topological polar surface area (TPSA) is 137 Å². The standard InChI is InChI=1S/C22H34ClN9/c1-8-16(21(3,4)5)30-18-15(23)11-27-20(32-18)28-12-22(6,7)13(2)29-17-14(9-24)10-26-19(25)31-17/h10-11,13,16H,8,12H2,1-7H3,(H3,25,26,29,31)(H2,27,28,30,32)/t13-,16-/m0/s1. The van der Waals surface area contributed by atoms with Gasteiger partial charge in [-0.2, -0.15) is 15.2 Å². The summed E-state index contributed by atoms with van der Waals surface area (Å²) in [5.41, 5.74) is 5.84. The Bertz CT molecular complexity index is 963. The van der Waals surface area contributed by atoms with Gasteiger partial charge >= 0.3 is 0 Å². The zero-order chi connectivity index (χ0) is 24.1. The molecule has 174 valence electrons. The quantitative estimate of drug-likeness (QED) is 0.425. The number of halogens is 1. The van der Waals surface area contributed by atoms with Gasteiger partial charge in [0.2, 0.25) is 11.9 Å². The lowest BCUT2D eigenvalue weighted by Crippen LogP contribution is -2.39. The largest absolute Gasteiger partial charge is 0.368 e. The number of nitriles is 1. The number of nitrogens with one attached hydrogen (secondary N) is 3. The van der Waals surface area contributed by atoms with Gasteiger partial charge in [0.1, 0.15) is 22.5 Å². The Labute approximate surface area is 195 Å². The predicted octanol–water partition coefficient (Wildman–Crippen LogP) is 4.55. The molecule has 10 heteroatoms. The molecule has 2 aromatic heterocycles. The maximum absolute atomic E-state index is 9.30. The van der Waals surface area contributed by atoms with E-state index in [0.717, 1.165) is 6.42 Å². The van der Waals surface area contributed by atoms with E-state index in [1.807, 2.05) is 6.92 Å². The molecule has 0 aromatic carbocycles. The Kier molecular flexibility index (Phi) is 8.07. The van der Waals surface area contributed by atoms with Crippen LogP contribution in [0, 0.1) is 22.2 Å². The Balaban J connectivity index is 2.10. The summed E-state index contributed by atoms with van der Waals surface area (Å²) in [6, 6.07) is 2.25. The number of nitrogens with two attached hydrogens (primary N) is 1. The minimum atomic E-state index is -0.250. The second-order valence-corrected chi connectivity index (χ2v) is 10.1. The van der Waals surface area contributed by atoms with Gasteiger partial charge in [0.15, 0.2) is 5.82 Å². The van der Waals surface area contributed by atoms with Crippen LogP contribution in [-0.4, -0.2) is 38.6 Å². The summed E-state index contributed by atoms with van der Waals surface area (Å²) in [5.74, 6) is 1.64. The van der Waals surface area contributed by atoms with Gasteiger partial charge in [-0.1, -0.05) is 53.1 Å². The van der Waals surface area contributed by atoms with E-state index in [1.54, 1.807) is 6.20 Å². The van der Waals surface area contributed by atoms with E-state index >= 15 is 0 Å². The first-order valence-electron chi connectivity index (χ1n) is 10.7. The van der Waals surface area contributed by atoms with Crippen LogP contribution in [0.4, 0.5) is 23.5 Å². The highest BCUT2D eigenvalue weighted by molar-refractivity contribution is 6.32. The van der Waals surface area contributed by atoms with E-state index in [0.29, 0.717) is 34.7 Å². The molecule has 5 N–H and O–H groups in total. The van der Waals surface area contributed by atoms with Crippen molar-refractivity contribution in [3.63, 3.8) is 0 Å². The first kappa shape index (κ1) is 25.4. The Hall–Kier alpha value is -2.86. The number of anilines is 4. The Morgan fingerprint density at radius 2 is 1.78 bits per heavy atom. The molecule has 0 radical (unpaired) electrons. The fourth-order valence-electron chi connectivity index (χ4n) is 3.10. The van der Waals surface area contributed by atoms with Gasteiger partial charge in [-0.05, 0) is 18.8 Å². The summed E-state index contributed by atoms with van der Waals surface area (Å²) in [5, 5.41) is 19.8. The second kappa shape index (κ2) is 10.2. The minimum absolute atomic E-state index is 0.0494. The molecule has 0 unspecified atom stereocenters. The van der Waals surface area contributed by atoms with Crippen LogP contribution in [0.25, 0.3) is 0 Å². The van der Waals surface area contributed by atoms with Crippen LogP contribution >= 0.6 is 11.6 Å². The summed E-state index contributed by atoms with van der Waals surface area (Å²) in [6.07, 6.45) is 3.97. The van der Waals surface area contributed by atoms with Crippen molar-refractivity contribution in [2.75, 3.05) is 28.2 Å². The molecule has 0 aliphatic carbocycles. The fraction of sp³-hybridized carbons (Fsp3) is 0.591. The van der Waals surface area contributed by atoms with Gasteiger partial charge in [0.25, 0.3) is 0 Å². The minimum Gasteiger partial charge on any atom is -0.368 e. The Morgan fingerprint density at radius 1 is 1.09 bits per heavy atom. The smallest absolute Gasteiger partial charge is 0.224 e. The second-order valence-electron chi connectivity index (χ2n) is 9.67. The maximum atomic E-state index is 9.30. The highest BCUT2D eigenvalue weighted by atomic mass is 35.5. The van der Waals surface area contributed by atoms with Crippen LogP contribution in [0.5, 0.6) is 0 Å². The molecule has 2 aromatic rings. The van der Waals surface area contributed by atoms with Crippen molar-refractivity contribution >= 4 is 35.1 Å². The molecule has 0 aliphatic rings. The molecule has 2 rings (SSSR count). The van der Waals surface area contributed by atoms with E-state index < -0.39 is 0 Å². The number of hydrogen-bond donors (Lipinski definition) is 4. The summed E-state index contributed by atoms with van der Waals surface area (Å²) in [4.78, 5) is 16.9. The van der Waals surface area contributed by atoms with E-state index in [1.165, 1.54) is 6.20 Å². The molecule has 0 amide bonds. The third-order valence-electron chi connectivity index (χ3n) is 5.66. The van der Waals surface area contributed by atoms with E-state index in [4.69, 9.17) is 17.3 Å². The van der Waals surface area contributed by atoms with Crippen LogP contribution in [0.3, 0.4) is 0 Å². The number of hydrogen-bond acceptors (Lipinski definition) is 9. The normalized spacial score (nSPS) is 13.7. The summed E-state index contributed by atoms with van der Waals surface area (Å²) in [7, 11) is 0. The zero-order valence-corrected chi connectivity index (χ0v) is 20.7. The number of nitrogens with zero attached hydrogens (tertiary/aromatic N) is 5. The number of nitrogen functional groups attached to an aromatic ring is 1. The molecule has 2 heterocycles. The first-order chi connectivity index (χ1) is 14.9. The van der Waals surface area contributed by atoms with Gasteiger partial charge in [0, 0.05) is 24.0 Å². The third-order valence-corrected chi connectivity index (χ3v) is 5.94. The number of rotatable bonds is 9. The van der Waals surface area contributed by atoms with Crippen LogP contribution in [0.2, 0.25) is 5.02 Å². The van der Waals surface area contributed by atoms with Crippen molar-refractivity contribution in [1.29, 1.82) is 5.26 Å². The third kappa shape index (κ3) is 6.57. The van der Waals surface area contributed by atoms with Crippen molar-refractivity contribution in [1.82, 2.24) is 19.9 Å². The SMILES string of the molecule is CC[C@H](Nc1nc(NCC(C)(C)[C@H](C)Nc2nc(N)ncc2C#N)ncc1Cl)C(C)(C)C. The summed E-state index contributed by atoms with van der Waals surface area (Å²) < 4.78 is 0. The molecule has 9 nitrogen and oxygen atoms in total. The molecular formula is C22H34ClN9. The molecule has 32 heavy (non-hydrogen) atoms. The molecule has 0 fully saturated rings. The molecule has 0 saturated carbocycles. The maximum Gasteiger partial charge on any atom is 0.224 e. The molecule has 2 atom stereocenters. The zero-order valence-electron chi connectivity index (χ0n) is 19.9. The summed E-state index contributed by atoms with van der Waals surface area (Å²) in [6.45, 7) is 15.5. The average molecular weight is 460 g/mol. The van der Waals surface area contributed by atoms with E-state index in [2.05, 4.69) is 83.5 Å². The van der Waals surface area contributed by atoms with Crippen LogP contribution < -0.4 is 21.7 Å². The van der Waals surface area contributed by atoms with Crippen LogP contribution in [-0.2, 0) is 0 Å². The molecule has 0 bridgehead atoms. The average Bonchev–Trinajstić information content (AvgIpc) is 2.71. The van der Waals surface area contributed by atoms with Gasteiger partial charge in [0.05, 0.1) is 12.4 Å². The van der Waals surface area contributed by atoms with Crippen molar-refractivity contribution in [3.8, 4) is 6.07 Å². The van der Waals surface area contributed by atoms with E-state index in [-0.39, 0.29) is 28.9 Å². The van der Waals surface area contributed by atoms with Crippen LogP contribution in [0.1, 0.15) is 60.5 Å². The summed E-state index contributed by atoms with van der Waals surface area (Å²) >= 11 is 6.35. The molecule has 0 aliphatic heterocycles. The van der Waals surface area contributed by atoms with Crippen molar-refractivity contribution in [2.45, 2.75) is 67.0 Å².